The van der Waals surface area contributed by atoms with Crippen molar-refractivity contribution in [2.75, 3.05) is 13.2 Å². The molecule has 1 heterocycles. The highest BCUT2D eigenvalue weighted by atomic mass is 31.2. The molecule has 1 N–H and O–H groups in total. The second-order valence-corrected chi connectivity index (χ2v) is 4.02. The average Bonchev–Trinajstić information content (AvgIpc) is 1.90. The second-order valence-electron chi connectivity index (χ2n) is 1.88. The van der Waals surface area contributed by atoms with Crippen molar-refractivity contribution >= 4 is 13.7 Å². The van der Waals surface area contributed by atoms with Crippen LogP contribution in [0.5, 0.6) is 0 Å². The summed E-state index contributed by atoms with van der Waals surface area (Å²) in [5.41, 5.74) is 0. The maximum absolute atomic E-state index is 10.0. The molecule has 1 aliphatic rings. The lowest BCUT2D eigenvalue weighted by Gasteiger charge is -2.22. The van der Waals surface area contributed by atoms with Gasteiger partial charge in [-0.1, -0.05) is 0 Å². The summed E-state index contributed by atoms with van der Waals surface area (Å²) < 4.78 is 5.02. The molecule has 0 radical (unpaired) electrons. The number of nitroso groups, excluding NO2 is 1. The van der Waals surface area contributed by atoms with Gasteiger partial charge in [-0.2, -0.15) is 0 Å². The zero-order valence-electron chi connectivity index (χ0n) is 5.04. The molecule has 9 heavy (non-hydrogen) atoms. The van der Waals surface area contributed by atoms with Crippen LogP contribution in [0.15, 0.2) is 4.95 Å². The molecule has 1 saturated heterocycles. The molecule has 1 aliphatic heterocycles. The van der Waals surface area contributed by atoms with E-state index < -0.39 is 7.41 Å². The lowest BCUT2D eigenvalue weighted by atomic mass is 10.5. The minimum absolute atomic E-state index is 0.607. The van der Waals surface area contributed by atoms with E-state index in [9.17, 15) is 4.91 Å². The maximum Gasteiger partial charge on any atom is 0.215 e. The lowest BCUT2D eigenvalue weighted by molar-refractivity contribution is 0.314. The van der Waals surface area contributed by atoms with Gasteiger partial charge in [-0.05, 0) is 17.7 Å². The summed E-state index contributed by atoms with van der Waals surface area (Å²) in [4.78, 5) is 12.8. The van der Waals surface area contributed by atoms with Gasteiger partial charge >= 0.3 is 0 Å². The van der Waals surface area contributed by atoms with E-state index in [1.165, 1.54) is 0 Å². The summed E-state index contributed by atoms with van der Waals surface area (Å²) in [5, 5.41) is 2.84. The number of hydrogen-bond donors (Lipinski definition) is 1. The summed E-state index contributed by atoms with van der Waals surface area (Å²) in [6, 6.07) is 0. The molecular weight excluding hydrogens is 139 g/mol. The van der Waals surface area contributed by atoms with Crippen molar-refractivity contribution in [1.82, 2.24) is 5.09 Å². The number of nitrogens with one attached hydrogen (secondary N) is 1. The van der Waals surface area contributed by atoms with Crippen molar-refractivity contribution in [3.63, 3.8) is 0 Å². The van der Waals surface area contributed by atoms with Crippen molar-refractivity contribution < 1.29 is 4.52 Å². The predicted molar refractivity (Wildman–Crippen MR) is 38.4 cm³/mol. The normalized spacial score (nSPS) is 36.0. The summed E-state index contributed by atoms with van der Waals surface area (Å²) in [7, 11) is -2.27. The molecule has 0 spiro atoms. The highest BCUT2D eigenvalue weighted by molar-refractivity contribution is 7.65. The van der Waals surface area contributed by atoms with Crippen LogP contribution < -0.4 is 5.09 Å². The van der Waals surface area contributed by atoms with E-state index in [2.05, 4.69) is 16.3 Å². The fourth-order valence-corrected chi connectivity index (χ4v) is 1.77. The first-order valence-electron chi connectivity index (χ1n) is 2.75. The number of nitrogens with zero attached hydrogens (tertiary/aromatic N) is 1. The van der Waals surface area contributed by atoms with Gasteiger partial charge in [0.25, 0.3) is 0 Å². The van der Waals surface area contributed by atoms with Crippen molar-refractivity contribution in [2.24, 2.45) is 4.95 Å². The number of hydrogen-bond acceptors (Lipinski definition) is 4. The third-order valence-corrected chi connectivity index (χ3v) is 2.71. The Bertz CT molecular complexity index is 149. The molecule has 0 aromatic carbocycles. The molecule has 1 unspecified atom stereocenters. The predicted octanol–water partition coefficient (Wildman–Crippen LogP) is 0.957. The Hall–Kier alpha value is -0.180. The van der Waals surface area contributed by atoms with E-state index in [1.807, 2.05) is 0 Å². The highest BCUT2D eigenvalue weighted by Gasteiger charge is 2.17. The smallest absolute Gasteiger partial charge is 0.215 e. The maximum atomic E-state index is 10.0. The third-order valence-electron chi connectivity index (χ3n) is 1.12. The van der Waals surface area contributed by atoms with Crippen LogP contribution in [0.25, 0.3) is 0 Å². The summed E-state index contributed by atoms with van der Waals surface area (Å²) in [6.45, 7) is 1.40. The Morgan fingerprint density at radius 1 is 1.78 bits per heavy atom. The summed E-state index contributed by atoms with van der Waals surface area (Å²) >= 11 is 0. The molecule has 1 fully saturated rings. The minimum Gasteiger partial charge on any atom is -0.328 e. The molecule has 0 aliphatic carbocycles. The Balaban J connectivity index is 2.57. The van der Waals surface area contributed by atoms with Gasteiger partial charge in [0, 0.05) is 6.54 Å². The first-order chi connectivity index (χ1) is 4.27. The fraction of sp³-hybridized carbons (Fsp3) is 0.750. The Kier molecular flexibility index (Phi) is 2.01. The van der Waals surface area contributed by atoms with Crippen LogP contribution in [0.2, 0.25) is 0 Å². The van der Waals surface area contributed by atoms with Crippen molar-refractivity contribution in [3.05, 3.63) is 4.91 Å². The van der Waals surface area contributed by atoms with E-state index in [4.69, 9.17) is 4.52 Å². The van der Waals surface area contributed by atoms with Crippen LogP contribution in [-0.4, -0.2) is 19.5 Å². The molecule has 0 bridgehead atoms. The molecule has 5 heteroatoms. The van der Waals surface area contributed by atoms with Gasteiger partial charge in [0.2, 0.25) is 7.41 Å². The van der Waals surface area contributed by atoms with Crippen LogP contribution in [0.4, 0.5) is 0 Å². The zero-order chi connectivity index (χ0) is 6.74. The summed E-state index contributed by atoms with van der Waals surface area (Å²) in [5.74, 6) is 0. The van der Waals surface area contributed by atoms with E-state index in [0.29, 0.717) is 6.61 Å². The SMILES string of the molecule is C=P1(N=O)NCCCO1. The van der Waals surface area contributed by atoms with E-state index in [-0.39, 0.29) is 0 Å². The zero-order valence-corrected chi connectivity index (χ0v) is 5.93. The van der Waals surface area contributed by atoms with Crippen LogP contribution >= 0.6 is 7.41 Å². The van der Waals surface area contributed by atoms with Gasteiger partial charge in [0.1, 0.15) is 0 Å². The van der Waals surface area contributed by atoms with Gasteiger partial charge in [-0.3, -0.25) is 5.09 Å². The topological polar surface area (TPSA) is 50.7 Å². The van der Waals surface area contributed by atoms with E-state index in [1.54, 1.807) is 0 Å². The Morgan fingerprint density at radius 3 is 2.89 bits per heavy atom. The van der Waals surface area contributed by atoms with Crippen LogP contribution in [-0.2, 0) is 4.52 Å². The fourth-order valence-electron chi connectivity index (χ4n) is 0.640. The van der Waals surface area contributed by atoms with Crippen LogP contribution in [0.3, 0.4) is 0 Å². The molecule has 0 aromatic rings. The minimum atomic E-state index is -2.27. The van der Waals surface area contributed by atoms with Crippen molar-refractivity contribution in [3.8, 4) is 0 Å². The molecule has 0 aromatic heterocycles. The quantitative estimate of drug-likeness (QED) is 0.445. The first-order valence-corrected chi connectivity index (χ1v) is 4.59. The monoisotopic (exact) mass is 148 g/mol. The van der Waals surface area contributed by atoms with Gasteiger partial charge in [-0.15, -0.1) is 4.91 Å². The van der Waals surface area contributed by atoms with Crippen LogP contribution in [0, 0.1) is 4.91 Å². The van der Waals surface area contributed by atoms with E-state index in [0.717, 1.165) is 13.0 Å². The molecule has 0 amide bonds. The third kappa shape index (κ3) is 1.61. The first kappa shape index (κ1) is 6.93. The van der Waals surface area contributed by atoms with Gasteiger partial charge in [-0.25, -0.2) is 0 Å². The standard InChI is InChI=1S/C4H9N2O2P/c1-9(6-7)5-3-2-4-8-9/h5H,1-4H2. The van der Waals surface area contributed by atoms with Gasteiger partial charge in [0.05, 0.1) is 6.61 Å². The average molecular weight is 148 g/mol. The van der Waals surface area contributed by atoms with E-state index >= 15 is 0 Å². The molecule has 4 nitrogen and oxygen atoms in total. The molecule has 1 rings (SSSR count). The summed E-state index contributed by atoms with van der Waals surface area (Å²) in [6.07, 6.45) is 4.48. The van der Waals surface area contributed by atoms with Gasteiger partial charge < -0.3 is 4.52 Å². The largest absolute Gasteiger partial charge is 0.328 e. The second kappa shape index (κ2) is 2.60. The highest BCUT2D eigenvalue weighted by Crippen LogP contribution is 2.44. The molecular formula is C4H9N2O2P. The Morgan fingerprint density at radius 2 is 2.56 bits per heavy atom. The lowest BCUT2D eigenvalue weighted by Crippen LogP contribution is -2.20. The molecule has 1 atom stereocenters. The molecule has 0 saturated carbocycles. The Labute approximate surface area is 53.7 Å². The molecule has 52 valence electrons. The van der Waals surface area contributed by atoms with Gasteiger partial charge in [0.15, 0.2) is 0 Å². The number of rotatable bonds is 1. The van der Waals surface area contributed by atoms with Crippen molar-refractivity contribution in [1.29, 1.82) is 0 Å². The van der Waals surface area contributed by atoms with Crippen molar-refractivity contribution in [2.45, 2.75) is 6.42 Å². The van der Waals surface area contributed by atoms with Crippen LogP contribution in [0.1, 0.15) is 6.42 Å².